The number of hydrogen-bond donors (Lipinski definition) is 2. The summed E-state index contributed by atoms with van der Waals surface area (Å²) in [5.74, 6) is 8.26. The van der Waals surface area contributed by atoms with Gasteiger partial charge in [0, 0.05) is 23.6 Å². The van der Waals surface area contributed by atoms with Crippen molar-refractivity contribution >= 4 is 11.6 Å². The second kappa shape index (κ2) is 5.56. The highest BCUT2D eigenvalue weighted by atomic mass is 15.3. The minimum absolute atomic E-state index is 0.0878. The summed E-state index contributed by atoms with van der Waals surface area (Å²) in [6.45, 7) is 11.7. The monoisotopic (exact) mass is 277 g/mol. The molecule has 0 aromatic carbocycles. The van der Waals surface area contributed by atoms with Crippen LogP contribution in [0.5, 0.6) is 0 Å². The molecule has 0 aliphatic heterocycles. The first-order chi connectivity index (χ1) is 9.38. The predicted molar refractivity (Wildman–Crippen MR) is 83.9 cm³/mol. The van der Waals surface area contributed by atoms with E-state index in [-0.39, 0.29) is 5.41 Å². The third-order valence-electron chi connectivity index (χ3n) is 3.65. The number of nitrogen functional groups attached to an aromatic ring is 1. The largest absolute Gasteiger partial charge is 0.353 e. The molecular formula is C15H27N5. The summed E-state index contributed by atoms with van der Waals surface area (Å²) in [5.41, 5.74) is 3.68. The Labute approximate surface area is 121 Å². The number of hydrazine groups is 1. The summed E-state index contributed by atoms with van der Waals surface area (Å²) < 4.78 is 0. The number of hydrogen-bond acceptors (Lipinski definition) is 5. The molecule has 0 atom stereocenters. The Bertz CT molecular complexity index is 474. The van der Waals surface area contributed by atoms with Crippen molar-refractivity contribution < 1.29 is 0 Å². The van der Waals surface area contributed by atoms with E-state index in [1.54, 1.807) is 0 Å². The number of nitrogens with two attached hydrogens (primary N) is 1. The molecule has 1 aliphatic carbocycles. The van der Waals surface area contributed by atoms with Crippen molar-refractivity contribution in [3.05, 3.63) is 11.4 Å². The highest BCUT2D eigenvalue weighted by molar-refractivity contribution is 5.59. The lowest BCUT2D eigenvalue weighted by Gasteiger charge is -2.28. The highest BCUT2D eigenvalue weighted by Gasteiger charge is 2.32. The van der Waals surface area contributed by atoms with Gasteiger partial charge >= 0.3 is 0 Å². The second-order valence-electron chi connectivity index (χ2n) is 6.66. The molecule has 0 spiro atoms. The Balaban J connectivity index is 2.49. The molecule has 5 nitrogen and oxygen atoms in total. The molecule has 5 heteroatoms. The maximum atomic E-state index is 5.64. The molecule has 0 amide bonds. The lowest BCUT2D eigenvalue weighted by molar-refractivity contribution is 0.543. The zero-order valence-electron chi connectivity index (χ0n) is 13.3. The molecule has 3 N–H and O–H groups in total. The normalized spacial score (nSPS) is 15.3. The Hall–Kier alpha value is -1.36. The van der Waals surface area contributed by atoms with E-state index >= 15 is 0 Å². The Kier molecular flexibility index (Phi) is 4.18. The van der Waals surface area contributed by atoms with Crippen molar-refractivity contribution in [3.63, 3.8) is 0 Å². The van der Waals surface area contributed by atoms with Gasteiger partial charge in [-0.2, -0.15) is 0 Å². The van der Waals surface area contributed by atoms with Crippen LogP contribution in [0.25, 0.3) is 0 Å². The van der Waals surface area contributed by atoms with Crippen LogP contribution in [-0.4, -0.2) is 22.6 Å². The second-order valence-corrected chi connectivity index (χ2v) is 6.66. The zero-order chi connectivity index (χ0) is 14.9. The molecule has 112 valence electrons. The Morgan fingerprint density at radius 3 is 2.40 bits per heavy atom. The fourth-order valence-corrected chi connectivity index (χ4v) is 2.35. The quantitative estimate of drug-likeness (QED) is 0.640. The van der Waals surface area contributed by atoms with Gasteiger partial charge in [-0.25, -0.2) is 15.8 Å². The van der Waals surface area contributed by atoms with Crippen molar-refractivity contribution in [2.45, 2.75) is 65.3 Å². The summed E-state index contributed by atoms with van der Waals surface area (Å²) in [7, 11) is 0. The van der Waals surface area contributed by atoms with Gasteiger partial charge in [0.2, 0.25) is 0 Å². The molecule has 1 aromatic rings. The number of rotatable bonds is 5. The number of anilines is 2. The van der Waals surface area contributed by atoms with Crippen LogP contribution in [-0.2, 0) is 5.41 Å². The first-order valence-corrected chi connectivity index (χ1v) is 7.50. The van der Waals surface area contributed by atoms with Gasteiger partial charge in [-0.05, 0) is 26.2 Å². The molecule has 1 fully saturated rings. The fourth-order valence-electron chi connectivity index (χ4n) is 2.35. The van der Waals surface area contributed by atoms with Crippen LogP contribution in [0.4, 0.5) is 11.6 Å². The smallest absolute Gasteiger partial charge is 0.148 e. The van der Waals surface area contributed by atoms with Gasteiger partial charge in [0.25, 0.3) is 0 Å². The van der Waals surface area contributed by atoms with Gasteiger partial charge < -0.3 is 10.3 Å². The zero-order valence-corrected chi connectivity index (χ0v) is 13.3. The van der Waals surface area contributed by atoms with Crippen LogP contribution >= 0.6 is 0 Å². The molecular weight excluding hydrogens is 250 g/mol. The molecule has 1 heterocycles. The summed E-state index contributed by atoms with van der Waals surface area (Å²) >= 11 is 0. The Morgan fingerprint density at radius 2 is 1.95 bits per heavy atom. The van der Waals surface area contributed by atoms with Crippen molar-refractivity contribution in [2.75, 3.05) is 16.9 Å². The number of nitrogens with one attached hydrogen (secondary N) is 1. The summed E-state index contributed by atoms with van der Waals surface area (Å²) in [4.78, 5) is 11.8. The molecule has 0 bridgehead atoms. The molecule has 1 aromatic heterocycles. The first-order valence-electron chi connectivity index (χ1n) is 7.50. The van der Waals surface area contributed by atoms with Crippen LogP contribution in [0.1, 0.15) is 58.3 Å². The van der Waals surface area contributed by atoms with Gasteiger partial charge in [0.05, 0.1) is 0 Å². The minimum atomic E-state index is -0.0878. The standard InChI is InChI=1S/C15H27N5/c1-6-9-20(11-7-8-11)13-10(2)12(19-16)17-14(18-13)15(3,4)5/h11H,6-9,16H2,1-5H3,(H,17,18,19). The van der Waals surface area contributed by atoms with Crippen LogP contribution in [0.3, 0.4) is 0 Å². The van der Waals surface area contributed by atoms with Crippen LogP contribution in [0, 0.1) is 6.92 Å². The lowest BCUT2D eigenvalue weighted by atomic mass is 9.95. The number of nitrogens with zero attached hydrogens (tertiary/aromatic N) is 3. The molecule has 2 rings (SSSR count). The molecule has 1 saturated carbocycles. The van der Waals surface area contributed by atoms with Crippen LogP contribution < -0.4 is 16.2 Å². The van der Waals surface area contributed by atoms with Gasteiger partial charge in [-0.1, -0.05) is 27.7 Å². The van der Waals surface area contributed by atoms with Gasteiger partial charge in [0.1, 0.15) is 17.5 Å². The SMILES string of the molecule is CCCN(c1nc(C(C)(C)C)nc(NN)c1C)C1CC1. The summed E-state index contributed by atoms with van der Waals surface area (Å²) in [6.07, 6.45) is 3.65. The summed E-state index contributed by atoms with van der Waals surface area (Å²) in [5, 5.41) is 0. The fraction of sp³-hybridized carbons (Fsp3) is 0.733. The number of aromatic nitrogens is 2. The van der Waals surface area contributed by atoms with Crippen LogP contribution in [0.2, 0.25) is 0 Å². The van der Waals surface area contributed by atoms with E-state index in [2.05, 4.69) is 43.0 Å². The third kappa shape index (κ3) is 3.03. The van der Waals surface area contributed by atoms with E-state index in [0.29, 0.717) is 6.04 Å². The lowest BCUT2D eigenvalue weighted by Crippen LogP contribution is -2.31. The highest BCUT2D eigenvalue weighted by Crippen LogP contribution is 2.35. The van der Waals surface area contributed by atoms with Gasteiger partial charge in [-0.3, -0.25) is 0 Å². The first kappa shape index (κ1) is 15.0. The average molecular weight is 277 g/mol. The van der Waals surface area contributed by atoms with Crippen LogP contribution in [0.15, 0.2) is 0 Å². The van der Waals surface area contributed by atoms with E-state index in [1.807, 2.05) is 6.92 Å². The maximum absolute atomic E-state index is 5.64. The van der Waals surface area contributed by atoms with Crippen molar-refractivity contribution in [2.24, 2.45) is 5.84 Å². The summed E-state index contributed by atoms with van der Waals surface area (Å²) in [6, 6.07) is 0.641. The van der Waals surface area contributed by atoms with Gasteiger partial charge in [-0.15, -0.1) is 0 Å². The molecule has 0 saturated heterocycles. The minimum Gasteiger partial charge on any atom is -0.353 e. The Morgan fingerprint density at radius 1 is 1.30 bits per heavy atom. The average Bonchev–Trinajstić information content (AvgIpc) is 3.19. The van der Waals surface area contributed by atoms with Gasteiger partial charge in [0.15, 0.2) is 0 Å². The predicted octanol–water partition coefficient (Wildman–Crippen LogP) is 2.75. The van der Waals surface area contributed by atoms with Crippen molar-refractivity contribution in [1.29, 1.82) is 0 Å². The van der Waals surface area contributed by atoms with E-state index in [1.165, 1.54) is 12.8 Å². The van der Waals surface area contributed by atoms with Crippen molar-refractivity contribution in [1.82, 2.24) is 9.97 Å². The van der Waals surface area contributed by atoms with E-state index < -0.39 is 0 Å². The van der Waals surface area contributed by atoms with E-state index in [9.17, 15) is 0 Å². The third-order valence-corrected chi connectivity index (χ3v) is 3.65. The maximum Gasteiger partial charge on any atom is 0.148 e. The van der Waals surface area contributed by atoms with E-state index in [0.717, 1.165) is 36.0 Å². The molecule has 0 unspecified atom stereocenters. The molecule has 1 aliphatic rings. The molecule has 0 radical (unpaired) electrons. The van der Waals surface area contributed by atoms with Crippen molar-refractivity contribution in [3.8, 4) is 0 Å². The van der Waals surface area contributed by atoms with E-state index in [4.69, 9.17) is 10.8 Å². The molecule has 20 heavy (non-hydrogen) atoms. The topological polar surface area (TPSA) is 67.1 Å².